The highest BCUT2D eigenvalue weighted by molar-refractivity contribution is 5.86. The number of carbonyl (C=O) groups is 2. The van der Waals surface area contributed by atoms with Crippen LogP contribution in [0.3, 0.4) is 0 Å². The van der Waals surface area contributed by atoms with Gasteiger partial charge >= 0.3 is 5.97 Å². The molecule has 0 aromatic heterocycles. The number of hydrogen-bond donors (Lipinski definition) is 1. The van der Waals surface area contributed by atoms with Crippen molar-refractivity contribution in [3.63, 3.8) is 0 Å². The summed E-state index contributed by atoms with van der Waals surface area (Å²) in [7, 11) is 1.58. The van der Waals surface area contributed by atoms with Gasteiger partial charge in [0.1, 0.15) is 11.5 Å². The minimum atomic E-state index is -0.923. The Balaban J connectivity index is 2.14. The first-order valence-electron chi connectivity index (χ1n) is 7.35. The number of ether oxygens (including phenoxy) is 2. The molecule has 0 bridgehead atoms. The normalized spacial score (nSPS) is 17.6. The fourth-order valence-electron chi connectivity index (χ4n) is 2.43. The molecule has 1 aromatic carbocycles. The second-order valence-corrected chi connectivity index (χ2v) is 5.34. The zero-order valence-electron chi connectivity index (χ0n) is 12.9. The van der Waals surface area contributed by atoms with Gasteiger partial charge in [0.25, 0.3) is 0 Å². The summed E-state index contributed by atoms with van der Waals surface area (Å²) < 4.78 is 10.9. The first-order valence-corrected chi connectivity index (χ1v) is 7.35. The molecule has 0 aliphatic carbocycles. The first-order chi connectivity index (χ1) is 10.5. The Morgan fingerprint density at radius 1 is 1.45 bits per heavy atom. The van der Waals surface area contributed by atoms with Crippen LogP contribution < -0.4 is 9.47 Å². The SMILES string of the molecule is CCCOc1cc(OC)ccc1CN1CC(C(=O)O)CC1=O. The van der Waals surface area contributed by atoms with Gasteiger partial charge in [0.15, 0.2) is 0 Å². The third-order valence-corrected chi connectivity index (χ3v) is 3.66. The fraction of sp³-hybridized carbons (Fsp3) is 0.500. The molecule has 22 heavy (non-hydrogen) atoms. The van der Waals surface area contributed by atoms with Crippen molar-refractivity contribution in [2.45, 2.75) is 26.3 Å². The van der Waals surface area contributed by atoms with Gasteiger partial charge in [0.2, 0.25) is 5.91 Å². The lowest BCUT2D eigenvalue weighted by molar-refractivity contribution is -0.141. The Hall–Kier alpha value is -2.24. The average molecular weight is 307 g/mol. The Kier molecular flexibility index (Phi) is 5.25. The van der Waals surface area contributed by atoms with Gasteiger partial charge in [0, 0.05) is 31.1 Å². The van der Waals surface area contributed by atoms with Crippen molar-refractivity contribution < 1.29 is 24.2 Å². The number of benzene rings is 1. The van der Waals surface area contributed by atoms with E-state index in [-0.39, 0.29) is 18.9 Å². The molecule has 1 unspecified atom stereocenters. The molecule has 0 radical (unpaired) electrons. The fourth-order valence-corrected chi connectivity index (χ4v) is 2.43. The van der Waals surface area contributed by atoms with E-state index in [1.165, 1.54) is 0 Å². The summed E-state index contributed by atoms with van der Waals surface area (Å²) in [6.45, 7) is 3.19. The molecule has 1 aliphatic rings. The molecule has 1 atom stereocenters. The van der Waals surface area contributed by atoms with E-state index in [1.807, 2.05) is 19.1 Å². The van der Waals surface area contributed by atoms with Crippen molar-refractivity contribution >= 4 is 11.9 Å². The number of carboxylic acids is 1. The van der Waals surface area contributed by atoms with E-state index in [0.29, 0.717) is 24.7 Å². The van der Waals surface area contributed by atoms with Crippen molar-refractivity contribution in [3.05, 3.63) is 23.8 Å². The third-order valence-electron chi connectivity index (χ3n) is 3.66. The van der Waals surface area contributed by atoms with E-state index in [1.54, 1.807) is 18.1 Å². The van der Waals surface area contributed by atoms with Gasteiger partial charge in [-0.05, 0) is 18.6 Å². The Morgan fingerprint density at radius 3 is 2.82 bits per heavy atom. The molecule has 1 aromatic rings. The summed E-state index contributed by atoms with van der Waals surface area (Å²) in [5, 5.41) is 9.03. The number of likely N-dealkylation sites (tertiary alicyclic amines) is 1. The van der Waals surface area contributed by atoms with Crippen LogP contribution in [0, 0.1) is 5.92 Å². The molecule has 1 N–H and O–H groups in total. The van der Waals surface area contributed by atoms with Crippen LogP contribution in [-0.2, 0) is 16.1 Å². The van der Waals surface area contributed by atoms with Gasteiger partial charge in [0.05, 0.1) is 19.6 Å². The molecular weight excluding hydrogens is 286 g/mol. The minimum absolute atomic E-state index is 0.0661. The van der Waals surface area contributed by atoms with E-state index in [2.05, 4.69) is 0 Å². The second-order valence-electron chi connectivity index (χ2n) is 5.34. The largest absolute Gasteiger partial charge is 0.497 e. The molecule has 6 nitrogen and oxygen atoms in total. The monoisotopic (exact) mass is 307 g/mol. The van der Waals surface area contributed by atoms with Gasteiger partial charge in [-0.1, -0.05) is 6.92 Å². The number of rotatable bonds is 7. The van der Waals surface area contributed by atoms with Crippen molar-refractivity contribution in [1.82, 2.24) is 4.90 Å². The summed E-state index contributed by atoms with van der Waals surface area (Å²) in [6.07, 6.45) is 0.941. The van der Waals surface area contributed by atoms with Gasteiger partial charge in [-0.15, -0.1) is 0 Å². The predicted molar refractivity (Wildman–Crippen MR) is 79.9 cm³/mol. The summed E-state index contributed by atoms with van der Waals surface area (Å²) in [5.74, 6) is -0.317. The van der Waals surface area contributed by atoms with Gasteiger partial charge in [-0.2, -0.15) is 0 Å². The van der Waals surface area contributed by atoms with Gasteiger partial charge < -0.3 is 19.5 Å². The molecule has 2 rings (SSSR count). The summed E-state index contributed by atoms with van der Waals surface area (Å²) in [4.78, 5) is 24.5. The number of methoxy groups -OCH3 is 1. The molecule has 1 heterocycles. The quantitative estimate of drug-likeness (QED) is 0.833. The lowest BCUT2D eigenvalue weighted by Crippen LogP contribution is -2.26. The molecule has 1 amide bonds. The summed E-state index contributed by atoms with van der Waals surface area (Å²) >= 11 is 0. The number of carbonyl (C=O) groups excluding carboxylic acids is 1. The van der Waals surface area contributed by atoms with E-state index >= 15 is 0 Å². The highest BCUT2D eigenvalue weighted by Gasteiger charge is 2.34. The van der Waals surface area contributed by atoms with Crippen LogP contribution >= 0.6 is 0 Å². The maximum absolute atomic E-state index is 11.9. The molecular formula is C16H21NO5. The summed E-state index contributed by atoms with van der Waals surface area (Å²) in [5.41, 5.74) is 0.855. The Morgan fingerprint density at radius 2 is 2.23 bits per heavy atom. The molecule has 1 aliphatic heterocycles. The molecule has 0 spiro atoms. The van der Waals surface area contributed by atoms with Crippen molar-refractivity contribution in [3.8, 4) is 11.5 Å². The van der Waals surface area contributed by atoms with Crippen LogP contribution in [0.15, 0.2) is 18.2 Å². The number of nitrogens with zero attached hydrogens (tertiary/aromatic N) is 1. The van der Waals surface area contributed by atoms with Crippen LogP contribution in [0.2, 0.25) is 0 Å². The number of hydrogen-bond acceptors (Lipinski definition) is 4. The van der Waals surface area contributed by atoms with Crippen LogP contribution in [-0.4, -0.2) is 42.1 Å². The van der Waals surface area contributed by atoms with E-state index in [0.717, 1.165) is 12.0 Å². The van der Waals surface area contributed by atoms with Crippen molar-refractivity contribution in [1.29, 1.82) is 0 Å². The molecule has 1 saturated heterocycles. The topological polar surface area (TPSA) is 76.1 Å². The lowest BCUT2D eigenvalue weighted by Gasteiger charge is -2.19. The maximum Gasteiger partial charge on any atom is 0.308 e. The van der Waals surface area contributed by atoms with E-state index in [9.17, 15) is 9.59 Å². The number of carboxylic acid groups (broad SMARTS) is 1. The highest BCUT2D eigenvalue weighted by Crippen LogP contribution is 2.28. The van der Waals surface area contributed by atoms with Crippen LogP contribution in [0.25, 0.3) is 0 Å². The lowest BCUT2D eigenvalue weighted by atomic mass is 10.1. The zero-order valence-corrected chi connectivity index (χ0v) is 12.9. The zero-order chi connectivity index (χ0) is 16.1. The van der Waals surface area contributed by atoms with Crippen LogP contribution in [0.1, 0.15) is 25.3 Å². The number of amides is 1. The van der Waals surface area contributed by atoms with Crippen LogP contribution in [0.5, 0.6) is 11.5 Å². The van der Waals surface area contributed by atoms with Crippen LogP contribution in [0.4, 0.5) is 0 Å². The minimum Gasteiger partial charge on any atom is -0.497 e. The first kappa shape index (κ1) is 16.1. The second kappa shape index (κ2) is 7.15. The Bertz CT molecular complexity index is 557. The van der Waals surface area contributed by atoms with Crippen molar-refractivity contribution in [2.75, 3.05) is 20.3 Å². The summed E-state index contributed by atoms with van der Waals surface area (Å²) in [6, 6.07) is 5.45. The van der Waals surface area contributed by atoms with E-state index in [4.69, 9.17) is 14.6 Å². The molecule has 6 heteroatoms. The average Bonchev–Trinajstić information content (AvgIpc) is 2.87. The highest BCUT2D eigenvalue weighted by atomic mass is 16.5. The molecule has 0 saturated carbocycles. The third kappa shape index (κ3) is 3.69. The van der Waals surface area contributed by atoms with Crippen molar-refractivity contribution in [2.24, 2.45) is 5.92 Å². The predicted octanol–water partition coefficient (Wildman–Crippen LogP) is 1.92. The van der Waals surface area contributed by atoms with Gasteiger partial charge in [-0.25, -0.2) is 0 Å². The Labute approximate surface area is 129 Å². The standard InChI is InChI=1S/C16H21NO5/c1-3-6-22-14-8-13(21-2)5-4-11(14)9-17-10-12(16(19)20)7-15(17)18/h4-5,8,12H,3,6-7,9-10H2,1-2H3,(H,19,20). The smallest absolute Gasteiger partial charge is 0.308 e. The van der Waals surface area contributed by atoms with Gasteiger partial charge in [-0.3, -0.25) is 9.59 Å². The molecule has 120 valence electrons. The number of aliphatic carboxylic acids is 1. The molecule has 1 fully saturated rings. The maximum atomic E-state index is 11.9. The van der Waals surface area contributed by atoms with E-state index < -0.39 is 11.9 Å².